The van der Waals surface area contributed by atoms with E-state index < -0.39 is 0 Å². The van der Waals surface area contributed by atoms with Crippen LogP contribution in [-0.4, -0.2) is 64.3 Å². The molecule has 16 heavy (non-hydrogen) atoms. The number of halogens is 1. The van der Waals surface area contributed by atoms with E-state index in [-0.39, 0.29) is 0 Å². The largest absolute Gasteiger partial charge is 0.349 e. The molecule has 0 N–H and O–H groups in total. The number of amidine groups is 1. The van der Waals surface area contributed by atoms with Crippen molar-refractivity contribution in [1.29, 1.82) is 0 Å². The van der Waals surface area contributed by atoms with Gasteiger partial charge in [-0.1, -0.05) is 27.7 Å². The first-order valence-corrected chi connectivity index (χ1v) is 8.13. The van der Waals surface area contributed by atoms with Crippen molar-refractivity contribution >= 4 is 32.9 Å². The van der Waals surface area contributed by atoms with Gasteiger partial charge in [0.05, 0.1) is 6.54 Å². The number of nitrogens with zero attached hydrogens (tertiary/aromatic N) is 3. The lowest BCUT2D eigenvalue weighted by molar-refractivity contribution is 0.153. The molecule has 0 aromatic heterocycles. The molecule has 3 nitrogen and oxygen atoms in total. The summed E-state index contributed by atoms with van der Waals surface area (Å²) in [6, 6.07) is 0.806. The van der Waals surface area contributed by atoms with Crippen molar-refractivity contribution in [2.24, 2.45) is 4.99 Å². The lowest BCUT2D eigenvalue weighted by atomic mass is 10.2. The molecular formula is C11H18BrN3S. The minimum Gasteiger partial charge on any atom is -0.349 e. The van der Waals surface area contributed by atoms with Gasteiger partial charge in [0.25, 0.3) is 0 Å². The first-order chi connectivity index (χ1) is 7.86. The van der Waals surface area contributed by atoms with Gasteiger partial charge in [-0.05, 0) is 19.4 Å². The molecule has 3 aliphatic rings. The summed E-state index contributed by atoms with van der Waals surface area (Å²) in [6.07, 6.45) is 2.78. The molecule has 0 amide bonds. The summed E-state index contributed by atoms with van der Waals surface area (Å²) < 4.78 is 0. The second-order valence-corrected chi connectivity index (χ2v) is 6.71. The highest BCUT2D eigenvalue weighted by Gasteiger charge is 2.33. The van der Waals surface area contributed by atoms with Crippen molar-refractivity contribution in [2.75, 3.05) is 38.1 Å². The van der Waals surface area contributed by atoms with E-state index in [1.165, 1.54) is 44.2 Å². The van der Waals surface area contributed by atoms with Crippen LogP contribution in [0, 0.1) is 0 Å². The molecule has 0 aromatic carbocycles. The fraction of sp³-hybridized carbons (Fsp3) is 0.909. The predicted molar refractivity (Wildman–Crippen MR) is 73.6 cm³/mol. The Bertz CT molecular complexity index is 297. The first-order valence-electron chi connectivity index (χ1n) is 6.13. The molecule has 90 valence electrons. The molecule has 3 rings (SSSR count). The van der Waals surface area contributed by atoms with Gasteiger partial charge < -0.3 is 4.90 Å². The van der Waals surface area contributed by atoms with Crippen molar-refractivity contribution in [2.45, 2.75) is 24.1 Å². The van der Waals surface area contributed by atoms with Gasteiger partial charge in [0.2, 0.25) is 0 Å². The molecule has 2 fully saturated rings. The highest BCUT2D eigenvalue weighted by molar-refractivity contribution is 9.09. The number of thioether (sulfide) groups is 1. The molecule has 0 saturated carbocycles. The van der Waals surface area contributed by atoms with E-state index in [1.54, 1.807) is 0 Å². The van der Waals surface area contributed by atoms with E-state index in [0.29, 0.717) is 5.25 Å². The smallest absolute Gasteiger partial charge is 0.159 e. The third-order valence-electron chi connectivity index (χ3n) is 3.73. The van der Waals surface area contributed by atoms with Crippen LogP contribution in [0.2, 0.25) is 0 Å². The van der Waals surface area contributed by atoms with Gasteiger partial charge in [0, 0.05) is 36.3 Å². The summed E-state index contributed by atoms with van der Waals surface area (Å²) in [5.41, 5.74) is 0. The number of piperazine rings is 1. The number of alkyl halides is 1. The van der Waals surface area contributed by atoms with E-state index >= 15 is 0 Å². The van der Waals surface area contributed by atoms with E-state index in [2.05, 4.69) is 30.7 Å². The molecule has 0 radical (unpaired) electrons. The van der Waals surface area contributed by atoms with Crippen molar-refractivity contribution in [1.82, 2.24) is 9.80 Å². The summed E-state index contributed by atoms with van der Waals surface area (Å²) in [6.45, 7) is 5.94. The molecule has 0 aliphatic carbocycles. The van der Waals surface area contributed by atoms with Crippen LogP contribution in [0.25, 0.3) is 0 Å². The molecule has 0 spiro atoms. The van der Waals surface area contributed by atoms with Crippen molar-refractivity contribution in [3.8, 4) is 0 Å². The molecule has 0 bridgehead atoms. The molecular weight excluding hydrogens is 286 g/mol. The Labute approximate surface area is 110 Å². The maximum Gasteiger partial charge on any atom is 0.159 e. The molecule has 5 heteroatoms. The highest BCUT2D eigenvalue weighted by atomic mass is 79.9. The Kier molecular flexibility index (Phi) is 3.45. The minimum absolute atomic E-state index is 0.664. The average molecular weight is 304 g/mol. The SMILES string of the molecule is BrCC1CN=C(N2CCN3CCCC3C2)S1. The van der Waals surface area contributed by atoms with Crippen LogP contribution < -0.4 is 0 Å². The lowest BCUT2D eigenvalue weighted by Crippen LogP contribution is -2.51. The molecule has 2 saturated heterocycles. The van der Waals surface area contributed by atoms with Crippen molar-refractivity contribution in [3.63, 3.8) is 0 Å². The van der Waals surface area contributed by atoms with Crippen LogP contribution in [0.5, 0.6) is 0 Å². The normalized spacial score (nSPS) is 35.3. The maximum atomic E-state index is 4.68. The van der Waals surface area contributed by atoms with Gasteiger partial charge in [-0.3, -0.25) is 9.89 Å². The monoisotopic (exact) mass is 303 g/mol. The van der Waals surface area contributed by atoms with Crippen LogP contribution in [0.1, 0.15) is 12.8 Å². The minimum atomic E-state index is 0.664. The second-order valence-electron chi connectivity index (χ2n) is 4.80. The van der Waals surface area contributed by atoms with Gasteiger partial charge in [0.1, 0.15) is 0 Å². The third-order valence-corrected chi connectivity index (χ3v) is 6.19. The van der Waals surface area contributed by atoms with E-state index in [9.17, 15) is 0 Å². The molecule has 0 aromatic rings. The van der Waals surface area contributed by atoms with Gasteiger partial charge in [-0.15, -0.1) is 0 Å². The zero-order valence-electron chi connectivity index (χ0n) is 9.44. The van der Waals surface area contributed by atoms with Crippen molar-refractivity contribution < 1.29 is 0 Å². The van der Waals surface area contributed by atoms with Crippen LogP contribution in [0.4, 0.5) is 0 Å². The van der Waals surface area contributed by atoms with Gasteiger partial charge >= 0.3 is 0 Å². The van der Waals surface area contributed by atoms with Crippen LogP contribution in [-0.2, 0) is 0 Å². The lowest BCUT2D eigenvalue weighted by Gasteiger charge is -2.38. The Balaban J connectivity index is 1.60. The average Bonchev–Trinajstić information content (AvgIpc) is 2.96. The molecule has 2 unspecified atom stereocenters. The first kappa shape index (κ1) is 11.4. The molecule has 3 aliphatic heterocycles. The number of fused-ring (bicyclic) bond motifs is 1. The van der Waals surface area contributed by atoms with Gasteiger partial charge in [-0.2, -0.15) is 0 Å². The Hall–Kier alpha value is 0.260. The summed E-state index contributed by atoms with van der Waals surface area (Å²) in [5.74, 6) is 0. The van der Waals surface area contributed by atoms with Crippen molar-refractivity contribution in [3.05, 3.63) is 0 Å². The number of rotatable bonds is 1. The number of aliphatic imine (C=N–C) groups is 1. The van der Waals surface area contributed by atoms with Crippen LogP contribution in [0.3, 0.4) is 0 Å². The fourth-order valence-corrected chi connectivity index (χ4v) is 4.40. The van der Waals surface area contributed by atoms with Gasteiger partial charge in [-0.25, -0.2) is 0 Å². The Morgan fingerprint density at radius 2 is 2.31 bits per heavy atom. The zero-order valence-corrected chi connectivity index (χ0v) is 11.8. The van der Waals surface area contributed by atoms with Crippen LogP contribution >= 0.6 is 27.7 Å². The highest BCUT2D eigenvalue weighted by Crippen LogP contribution is 2.28. The van der Waals surface area contributed by atoms with E-state index in [1.807, 2.05) is 11.8 Å². The van der Waals surface area contributed by atoms with E-state index in [4.69, 9.17) is 0 Å². The third kappa shape index (κ3) is 2.14. The fourth-order valence-electron chi connectivity index (χ4n) is 2.82. The molecule has 2 atom stereocenters. The topological polar surface area (TPSA) is 18.8 Å². The predicted octanol–water partition coefficient (Wildman–Crippen LogP) is 1.63. The number of hydrogen-bond donors (Lipinski definition) is 0. The maximum absolute atomic E-state index is 4.68. The van der Waals surface area contributed by atoms with Crippen LogP contribution in [0.15, 0.2) is 4.99 Å². The molecule has 3 heterocycles. The summed E-state index contributed by atoms with van der Waals surface area (Å²) in [7, 11) is 0. The Morgan fingerprint density at radius 1 is 1.38 bits per heavy atom. The van der Waals surface area contributed by atoms with E-state index in [0.717, 1.165) is 17.9 Å². The summed E-state index contributed by atoms with van der Waals surface area (Å²) in [5, 5.41) is 3.03. The Morgan fingerprint density at radius 3 is 3.12 bits per heavy atom. The standard InChI is InChI=1S/C11H18BrN3S/c12-6-10-7-13-11(16-10)15-5-4-14-3-1-2-9(14)8-15/h9-10H,1-8H2. The van der Waals surface area contributed by atoms with Gasteiger partial charge in [0.15, 0.2) is 5.17 Å². The quantitative estimate of drug-likeness (QED) is 0.686. The summed E-state index contributed by atoms with van der Waals surface area (Å²) in [4.78, 5) is 9.85. The number of hydrogen-bond acceptors (Lipinski definition) is 4. The zero-order chi connectivity index (χ0) is 11.0. The summed E-state index contributed by atoms with van der Waals surface area (Å²) >= 11 is 5.51. The second kappa shape index (κ2) is 4.86.